The lowest BCUT2D eigenvalue weighted by Gasteiger charge is -2.21. The molecule has 0 unspecified atom stereocenters. The SMILES string of the molecule is Cc1ccc(C)c(COc2cc(Nc3nccc(N)n3)ccc2N(C)S(C)(=O)=O)c1. The van der Waals surface area contributed by atoms with Crippen molar-refractivity contribution in [2.45, 2.75) is 20.5 Å². The third kappa shape index (κ3) is 5.18. The van der Waals surface area contributed by atoms with Crippen molar-refractivity contribution >= 4 is 33.2 Å². The lowest BCUT2D eigenvalue weighted by molar-refractivity contribution is 0.306. The summed E-state index contributed by atoms with van der Waals surface area (Å²) in [5.41, 5.74) is 10.0. The molecule has 0 radical (unpaired) electrons. The van der Waals surface area contributed by atoms with Crippen molar-refractivity contribution in [1.29, 1.82) is 0 Å². The van der Waals surface area contributed by atoms with Gasteiger partial charge in [0.2, 0.25) is 16.0 Å². The van der Waals surface area contributed by atoms with Crippen LogP contribution < -0.4 is 20.1 Å². The number of nitrogen functional groups attached to an aromatic ring is 1. The summed E-state index contributed by atoms with van der Waals surface area (Å²) >= 11 is 0. The first kappa shape index (κ1) is 21.4. The number of benzene rings is 2. The fraction of sp³-hybridized carbons (Fsp3) is 0.238. The van der Waals surface area contributed by atoms with Gasteiger partial charge in [-0.3, -0.25) is 4.31 Å². The number of hydrogen-bond donors (Lipinski definition) is 2. The zero-order valence-electron chi connectivity index (χ0n) is 17.4. The van der Waals surface area contributed by atoms with Crippen LogP contribution in [0.1, 0.15) is 16.7 Å². The largest absolute Gasteiger partial charge is 0.487 e. The van der Waals surface area contributed by atoms with Crippen LogP contribution in [0.3, 0.4) is 0 Å². The Hall–Kier alpha value is -3.33. The van der Waals surface area contributed by atoms with Crippen LogP contribution in [0.15, 0.2) is 48.7 Å². The molecule has 3 aromatic rings. The van der Waals surface area contributed by atoms with E-state index in [0.717, 1.165) is 22.9 Å². The van der Waals surface area contributed by atoms with Crippen molar-refractivity contribution in [2.24, 2.45) is 0 Å². The first-order chi connectivity index (χ1) is 14.1. The van der Waals surface area contributed by atoms with E-state index >= 15 is 0 Å². The third-order valence-corrected chi connectivity index (χ3v) is 5.81. The van der Waals surface area contributed by atoms with Gasteiger partial charge in [0, 0.05) is 25.0 Å². The van der Waals surface area contributed by atoms with Crippen LogP contribution in [0.2, 0.25) is 0 Å². The second-order valence-electron chi connectivity index (χ2n) is 7.06. The van der Waals surface area contributed by atoms with E-state index in [2.05, 4.69) is 21.4 Å². The number of nitrogens with zero attached hydrogens (tertiary/aromatic N) is 3. The quantitative estimate of drug-likeness (QED) is 0.594. The fourth-order valence-electron chi connectivity index (χ4n) is 2.82. The highest BCUT2D eigenvalue weighted by molar-refractivity contribution is 7.92. The van der Waals surface area contributed by atoms with E-state index < -0.39 is 10.0 Å². The van der Waals surface area contributed by atoms with Gasteiger partial charge in [0.25, 0.3) is 0 Å². The second kappa shape index (κ2) is 8.58. The predicted molar refractivity (Wildman–Crippen MR) is 120 cm³/mol. The average Bonchev–Trinajstić information content (AvgIpc) is 2.67. The highest BCUT2D eigenvalue weighted by Crippen LogP contribution is 2.33. The topological polar surface area (TPSA) is 110 Å². The molecule has 0 aliphatic rings. The summed E-state index contributed by atoms with van der Waals surface area (Å²) in [5.74, 6) is 1.09. The Kier molecular flexibility index (Phi) is 6.12. The van der Waals surface area contributed by atoms with Crippen LogP contribution in [0.4, 0.5) is 23.1 Å². The van der Waals surface area contributed by atoms with Gasteiger partial charge in [0.15, 0.2) is 0 Å². The van der Waals surface area contributed by atoms with Crippen LogP contribution in [-0.4, -0.2) is 31.7 Å². The van der Waals surface area contributed by atoms with E-state index in [0.29, 0.717) is 35.5 Å². The van der Waals surface area contributed by atoms with Crippen molar-refractivity contribution in [3.63, 3.8) is 0 Å². The molecule has 0 amide bonds. The van der Waals surface area contributed by atoms with Crippen LogP contribution in [0.5, 0.6) is 5.75 Å². The molecule has 0 aliphatic carbocycles. The zero-order valence-corrected chi connectivity index (χ0v) is 18.2. The summed E-state index contributed by atoms with van der Waals surface area (Å²) in [5, 5.41) is 3.06. The van der Waals surface area contributed by atoms with Gasteiger partial charge in [-0.25, -0.2) is 13.4 Å². The van der Waals surface area contributed by atoms with Crippen LogP contribution in [-0.2, 0) is 16.6 Å². The highest BCUT2D eigenvalue weighted by atomic mass is 32.2. The predicted octanol–water partition coefficient (Wildman–Crippen LogP) is 3.39. The molecule has 0 bridgehead atoms. The number of ether oxygens (including phenoxy) is 1. The van der Waals surface area contributed by atoms with Crippen molar-refractivity contribution in [3.8, 4) is 5.75 Å². The Morgan fingerprint density at radius 1 is 1.13 bits per heavy atom. The molecule has 3 rings (SSSR count). The fourth-order valence-corrected chi connectivity index (χ4v) is 3.33. The van der Waals surface area contributed by atoms with Gasteiger partial charge in [-0.05, 0) is 43.2 Å². The van der Waals surface area contributed by atoms with Gasteiger partial charge >= 0.3 is 0 Å². The van der Waals surface area contributed by atoms with E-state index in [4.69, 9.17) is 10.5 Å². The number of aryl methyl sites for hydroxylation is 2. The number of nitrogens with two attached hydrogens (primary N) is 1. The molecule has 0 aliphatic heterocycles. The Morgan fingerprint density at radius 2 is 1.90 bits per heavy atom. The standard InChI is InChI=1S/C21H25N5O3S/c1-14-5-6-15(2)16(11-14)13-29-19-12-17(24-21-23-10-9-20(22)25-21)7-8-18(19)26(3)30(4,27)28/h5-12H,13H2,1-4H3,(H3,22,23,24,25). The summed E-state index contributed by atoms with van der Waals surface area (Å²) in [6.07, 6.45) is 2.70. The first-order valence-corrected chi connectivity index (χ1v) is 11.1. The van der Waals surface area contributed by atoms with E-state index in [1.165, 1.54) is 11.4 Å². The molecule has 9 heteroatoms. The summed E-state index contributed by atoms with van der Waals surface area (Å²) in [6.45, 7) is 4.33. The lowest BCUT2D eigenvalue weighted by Crippen LogP contribution is -2.25. The smallest absolute Gasteiger partial charge is 0.232 e. The molecule has 158 valence electrons. The summed E-state index contributed by atoms with van der Waals surface area (Å²) in [6, 6.07) is 12.8. The Morgan fingerprint density at radius 3 is 2.60 bits per heavy atom. The van der Waals surface area contributed by atoms with Crippen LogP contribution in [0, 0.1) is 13.8 Å². The number of hydrogen-bond acceptors (Lipinski definition) is 7. The van der Waals surface area contributed by atoms with Crippen molar-refractivity contribution in [1.82, 2.24) is 9.97 Å². The molecular formula is C21H25N5O3S. The molecule has 8 nitrogen and oxygen atoms in total. The van der Waals surface area contributed by atoms with Gasteiger partial charge < -0.3 is 15.8 Å². The van der Waals surface area contributed by atoms with Gasteiger partial charge in [-0.1, -0.05) is 23.8 Å². The minimum absolute atomic E-state index is 0.302. The molecule has 0 saturated carbocycles. The first-order valence-electron chi connectivity index (χ1n) is 9.26. The number of sulfonamides is 1. The maximum atomic E-state index is 12.1. The number of aromatic nitrogens is 2. The lowest BCUT2D eigenvalue weighted by atomic mass is 10.1. The number of rotatable bonds is 7. The maximum Gasteiger partial charge on any atom is 0.232 e. The molecule has 3 N–H and O–H groups in total. The Labute approximate surface area is 176 Å². The average molecular weight is 428 g/mol. The third-order valence-electron chi connectivity index (χ3n) is 4.62. The molecule has 0 fully saturated rings. The minimum atomic E-state index is -3.46. The molecule has 1 heterocycles. The van der Waals surface area contributed by atoms with E-state index in [-0.39, 0.29) is 0 Å². The van der Waals surface area contributed by atoms with Crippen molar-refractivity contribution < 1.29 is 13.2 Å². The van der Waals surface area contributed by atoms with Gasteiger partial charge in [-0.15, -0.1) is 0 Å². The van der Waals surface area contributed by atoms with Crippen LogP contribution >= 0.6 is 0 Å². The van der Waals surface area contributed by atoms with Gasteiger partial charge in [0.05, 0.1) is 11.9 Å². The van der Waals surface area contributed by atoms with Crippen molar-refractivity contribution in [3.05, 3.63) is 65.4 Å². The summed E-state index contributed by atoms with van der Waals surface area (Å²) in [4.78, 5) is 8.25. The molecule has 1 aromatic heterocycles. The zero-order chi connectivity index (χ0) is 21.9. The van der Waals surface area contributed by atoms with Gasteiger partial charge in [0.1, 0.15) is 18.2 Å². The molecule has 0 saturated heterocycles. The molecular weight excluding hydrogens is 402 g/mol. The van der Waals surface area contributed by atoms with Crippen LogP contribution in [0.25, 0.3) is 0 Å². The monoisotopic (exact) mass is 427 g/mol. The van der Waals surface area contributed by atoms with Crippen molar-refractivity contribution in [2.75, 3.05) is 28.7 Å². The summed E-state index contributed by atoms with van der Waals surface area (Å²) < 4.78 is 31.4. The van der Waals surface area contributed by atoms with E-state index in [1.54, 1.807) is 30.5 Å². The van der Waals surface area contributed by atoms with E-state index in [9.17, 15) is 8.42 Å². The number of nitrogens with one attached hydrogen (secondary N) is 1. The molecule has 2 aromatic carbocycles. The number of anilines is 4. The Balaban J connectivity index is 1.94. The molecule has 0 atom stereocenters. The second-order valence-corrected chi connectivity index (χ2v) is 9.08. The normalized spacial score (nSPS) is 11.2. The molecule has 30 heavy (non-hydrogen) atoms. The highest BCUT2D eigenvalue weighted by Gasteiger charge is 2.18. The van der Waals surface area contributed by atoms with Gasteiger partial charge in [-0.2, -0.15) is 4.98 Å². The maximum absolute atomic E-state index is 12.1. The summed E-state index contributed by atoms with van der Waals surface area (Å²) in [7, 11) is -1.97. The Bertz CT molecular complexity index is 1170. The van der Waals surface area contributed by atoms with E-state index in [1.807, 2.05) is 26.0 Å². The minimum Gasteiger partial charge on any atom is -0.487 e. The molecule has 0 spiro atoms.